The molecule has 13 heteroatoms. The van der Waals surface area contributed by atoms with Gasteiger partial charge in [-0.2, -0.15) is 0 Å². The normalized spacial score (nSPS) is 22.2. The van der Waals surface area contributed by atoms with E-state index in [1.165, 1.54) is 6.92 Å². The standard InChI is InChI=1S/C34H50N2O11/c1-3-46-34-28(8-12-40-16-19-43-15-11-37)29(30-25-36(26(2)38)31-7-5-4-6-27(30)31)24-32(47-34)33(39)35-9-13-41-17-20-44-22-23-45-21-18-42-14-10-35/h4-7,24-25,28-29,34,37H,3,8-23H2,1-2H3/t28-,29+,34-/m0/s1. The number of amides is 1. The molecular weight excluding hydrogens is 612 g/mol. The molecule has 0 aliphatic carbocycles. The molecular formula is C34H50N2O11. The van der Waals surface area contributed by atoms with E-state index in [0.29, 0.717) is 98.8 Å². The summed E-state index contributed by atoms with van der Waals surface area (Å²) in [6.07, 6.45) is 3.53. The third-order valence-electron chi connectivity index (χ3n) is 7.99. The van der Waals surface area contributed by atoms with Crippen LogP contribution >= 0.6 is 0 Å². The van der Waals surface area contributed by atoms with Crippen LogP contribution in [0.15, 0.2) is 42.3 Å². The van der Waals surface area contributed by atoms with E-state index < -0.39 is 6.29 Å². The van der Waals surface area contributed by atoms with Crippen LogP contribution in [0.4, 0.5) is 0 Å². The first-order valence-electron chi connectivity index (χ1n) is 16.5. The number of aromatic nitrogens is 1. The number of carbonyl (C=O) groups is 2. The first-order valence-corrected chi connectivity index (χ1v) is 16.5. The lowest BCUT2D eigenvalue weighted by atomic mass is 9.81. The van der Waals surface area contributed by atoms with E-state index in [1.54, 1.807) is 9.47 Å². The fourth-order valence-corrected chi connectivity index (χ4v) is 5.71. The van der Waals surface area contributed by atoms with Gasteiger partial charge in [-0.05, 0) is 31.1 Å². The molecule has 4 rings (SSSR count). The Morgan fingerprint density at radius 3 is 2.11 bits per heavy atom. The van der Waals surface area contributed by atoms with Gasteiger partial charge in [0.2, 0.25) is 12.2 Å². The Balaban J connectivity index is 1.62. The molecule has 0 unspecified atom stereocenters. The summed E-state index contributed by atoms with van der Waals surface area (Å²) in [6.45, 7) is 9.12. The van der Waals surface area contributed by atoms with Gasteiger partial charge in [0.15, 0.2) is 5.76 Å². The van der Waals surface area contributed by atoms with Crippen molar-refractivity contribution in [2.75, 3.05) is 106 Å². The average molecular weight is 663 g/mol. The summed E-state index contributed by atoms with van der Waals surface area (Å²) in [5.41, 5.74) is 1.69. The Labute approximate surface area is 276 Å². The molecule has 1 aromatic heterocycles. The SMILES string of the molecule is CCO[C@H]1OC(C(=O)N2CCOCCOCCOCCOCC2)=C[C@@H](c2cn(C(C)=O)c3ccccc23)[C@@H]1CCOCCOCCO. The van der Waals surface area contributed by atoms with Crippen LogP contribution in [0.3, 0.4) is 0 Å². The minimum atomic E-state index is -0.743. The number of rotatable bonds is 12. The molecule has 0 radical (unpaired) electrons. The van der Waals surface area contributed by atoms with Gasteiger partial charge in [-0.25, -0.2) is 0 Å². The molecule has 1 fully saturated rings. The number of allylic oxidation sites excluding steroid dienone is 1. The minimum Gasteiger partial charge on any atom is -0.459 e. The Bertz CT molecular complexity index is 1250. The summed E-state index contributed by atoms with van der Waals surface area (Å²) in [5, 5.41) is 9.85. The van der Waals surface area contributed by atoms with Crippen LogP contribution in [0.25, 0.3) is 10.9 Å². The lowest BCUT2D eigenvalue weighted by Crippen LogP contribution is -2.43. The Morgan fingerprint density at radius 2 is 1.49 bits per heavy atom. The van der Waals surface area contributed by atoms with Crippen LogP contribution in [-0.4, -0.2) is 138 Å². The second-order valence-corrected chi connectivity index (χ2v) is 11.1. The molecule has 262 valence electrons. The highest BCUT2D eigenvalue weighted by Gasteiger charge is 2.40. The van der Waals surface area contributed by atoms with Crippen molar-refractivity contribution in [3.8, 4) is 0 Å². The first kappa shape index (κ1) is 36.9. The predicted octanol–water partition coefficient (Wildman–Crippen LogP) is 2.60. The molecule has 13 nitrogen and oxygen atoms in total. The maximum atomic E-state index is 14.1. The van der Waals surface area contributed by atoms with Crippen LogP contribution in [0, 0.1) is 5.92 Å². The van der Waals surface area contributed by atoms with Gasteiger partial charge in [-0.15, -0.1) is 0 Å². The van der Waals surface area contributed by atoms with Gasteiger partial charge in [0.1, 0.15) is 0 Å². The van der Waals surface area contributed by atoms with E-state index in [4.69, 9.17) is 43.0 Å². The van der Waals surface area contributed by atoms with E-state index in [1.807, 2.05) is 43.5 Å². The van der Waals surface area contributed by atoms with E-state index >= 15 is 0 Å². The molecule has 1 N–H and O–H groups in total. The molecule has 2 aromatic rings. The molecule has 0 saturated carbocycles. The zero-order valence-electron chi connectivity index (χ0n) is 27.6. The Kier molecular flexibility index (Phi) is 16.1. The third kappa shape index (κ3) is 11.1. The highest BCUT2D eigenvalue weighted by atomic mass is 16.7. The van der Waals surface area contributed by atoms with Gasteiger partial charge >= 0.3 is 0 Å². The van der Waals surface area contributed by atoms with E-state index in [0.717, 1.165) is 16.5 Å². The van der Waals surface area contributed by atoms with Crippen molar-refractivity contribution in [2.45, 2.75) is 32.5 Å². The van der Waals surface area contributed by atoms with E-state index in [2.05, 4.69) is 0 Å². The van der Waals surface area contributed by atoms with Gasteiger partial charge in [0.25, 0.3) is 5.91 Å². The Hall–Kier alpha value is -2.88. The molecule has 3 atom stereocenters. The largest absolute Gasteiger partial charge is 0.459 e. The maximum Gasteiger partial charge on any atom is 0.288 e. The second-order valence-electron chi connectivity index (χ2n) is 11.1. The summed E-state index contributed by atoms with van der Waals surface area (Å²) in [5.74, 6) is -0.793. The molecule has 1 aromatic carbocycles. The zero-order chi connectivity index (χ0) is 33.3. The maximum absolute atomic E-state index is 14.1. The molecule has 0 bridgehead atoms. The number of aliphatic hydroxyl groups excluding tert-OH is 1. The van der Waals surface area contributed by atoms with Crippen molar-refractivity contribution >= 4 is 22.7 Å². The van der Waals surface area contributed by atoms with Gasteiger partial charge < -0.3 is 47.9 Å². The van der Waals surface area contributed by atoms with Crippen molar-refractivity contribution in [2.24, 2.45) is 5.92 Å². The lowest BCUT2D eigenvalue weighted by Gasteiger charge is -2.38. The molecule has 0 spiro atoms. The number of benzene rings is 1. The lowest BCUT2D eigenvalue weighted by molar-refractivity contribution is -0.172. The summed E-state index contributed by atoms with van der Waals surface area (Å²) >= 11 is 0. The molecule has 47 heavy (non-hydrogen) atoms. The van der Waals surface area contributed by atoms with Crippen molar-refractivity contribution in [3.63, 3.8) is 0 Å². The quantitative estimate of drug-likeness (QED) is 0.336. The molecule has 3 heterocycles. The van der Waals surface area contributed by atoms with Crippen molar-refractivity contribution in [3.05, 3.63) is 47.9 Å². The fraction of sp³-hybridized carbons (Fsp3) is 0.647. The summed E-state index contributed by atoms with van der Waals surface area (Å²) in [4.78, 5) is 28.5. The number of aliphatic hydroxyl groups is 1. The molecule has 1 amide bonds. The van der Waals surface area contributed by atoms with Gasteiger partial charge in [0.05, 0.1) is 84.8 Å². The first-order chi connectivity index (χ1) is 23.0. The topological polar surface area (TPSA) is 136 Å². The van der Waals surface area contributed by atoms with E-state index in [9.17, 15) is 9.59 Å². The average Bonchev–Trinajstić information content (AvgIpc) is 3.46. The van der Waals surface area contributed by atoms with Crippen molar-refractivity contribution < 1.29 is 52.6 Å². The van der Waals surface area contributed by atoms with Crippen molar-refractivity contribution in [1.82, 2.24) is 9.47 Å². The van der Waals surface area contributed by atoms with Gasteiger partial charge in [0, 0.05) is 56.6 Å². The summed E-state index contributed by atoms with van der Waals surface area (Å²) < 4.78 is 47.9. The number of hydrogen-bond donors (Lipinski definition) is 1. The van der Waals surface area contributed by atoms with Gasteiger partial charge in [-0.1, -0.05) is 18.2 Å². The number of nitrogens with zero attached hydrogens (tertiary/aromatic N) is 2. The minimum absolute atomic E-state index is 0.0419. The third-order valence-corrected chi connectivity index (χ3v) is 7.99. The molecule has 2 aliphatic rings. The number of hydrogen-bond acceptors (Lipinski definition) is 11. The van der Waals surface area contributed by atoms with Crippen LogP contribution in [0.2, 0.25) is 0 Å². The number of fused-ring (bicyclic) bond motifs is 1. The zero-order valence-corrected chi connectivity index (χ0v) is 27.6. The second kappa shape index (κ2) is 20.5. The van der Waals surface area contributed by atoms with Gasteiger partial charge in [-0.3, -0.25) is 14.2 Å². The van der Waals surface area contributed by atoms with E-state index in [-0.39, 0.29) is 42.6 Å². The van der Waals surface area contributed by atoms with Crippen LogP contribution in [-0.2, 0) is 42.7 Å². The van der Waals surface area contributed by atoms with Crippen LogP contribution in [0.1, 0.15) is 36.5 Å². The number of carbonyl (C=O) groups excluding carboxylic acids is 2. The Morgan fingerprint density at radius 1 is 0.872 bits per heavy atom. The summed E-state index contributed by atoms with van der Waals surface area (Å²) in [7, 11) is 0. The van der Waals surface area contributed by atoms with Crippen LogP contribution in [0.5, 0.6) is 0 Å². The van der Waals surface area contributed by atoms with Crippen molar-refractivity contribution in [1.29, 1.82) is 0 Å². The highest BCUT2D eigenvalue weighted by molar-refractivity contribution is 5.95. The smallest absolute Gasteiger partial charge is 0.288 e. The fourth-order valence-electron chi connectivity index (χ4n) is 5.71. The summed E-state index contributed by atoms with van der Waals surface area (Å²) in [6, 6.07) is 7.74. The highest BCUT2D eigenvalue weighted by Crippen LogP contribution is 2.42. The number of ether oxygens (including phenoxy) is 8. The molecule has 1 saturated heterocycles. The molecule has 2 aliphatic heterocycles. The number of para-hydroxylation sites is 1. The van der Waals surface area contributed by atoms with Crippen LogP contribution < -0.4 is 0 Å². The monoisotopic (exact) mass is 662 g/mol. The predicted molar refractivity (Wildman–Crippen MR) is 172 cm³/mol.